The first kappa shape index (κ1) is 16.1. The second-order valence-corrected chi connectivity index (χ2v) is 6.99. The number of thiophene rings is 1. The maximum absolute atomic E-state index is 9.79. The standard InChI is InChI=1S/C12H21BrN2O2S/c1-8(14)12(10-4-5-11(13)18-10)15(2)6-9(16)7-17-3/h4-5,8-9,12,16H,6-7,14H2,1-3H3. The molecule has 1 aromatic heterocycles. The Bertz CT molecular complexity index is 360. The van der Waals surface area contributed by atoms with Crippen LogP contribution < -0.4 is 5.73 Å². The van der Waals surface area contributed by atoms with Gasteiger partial charge in [0.15, 0.2) is 0 Å². The van der Waals surface area contributed by atoms with Crippen molar-refractivity contribution in [3.8, 4) is 0 Å². The largest absolute Gasteiger partial charge is 0.389 e. The van der Waals surface area contributed by atoms with E-state index in [1.54, 1.807) is 18.4 Å². The Morgan fingerprint density at radius 3 is 2.67 bits per heavy atom. The lowest BCUT2D eigenvalue weighted by atomic mass is 10.1. The SMILES string of the molecule is COCC(O)CN(C)C(c1ccc(Br)s1)C(C)N. The molecule has 1 heterocycles. The van der Waals surface area contributed by atoms with Crippen LogP contribution in [0.4, 0.5) is 0 Å². The monoisotopic (exact) mass is 336 g/mol. The molecule has 0 fully saturated rings. The normalized spacial score (nSPS) is 16.8. The molecule has 0 aliphatic rings. The highest BCUT2D eigenvalue weighted by atomic mass is 79.9. The Hall–Kier alpha value is 0.0200. The van der Waals surface area contributed by atoms with Gasteiger partial charge in [-0.25, -0.2) is 0 Å². The first-order chi connectivity index (χ1) is 8.45. The molecule has 6 heteroatoms. The van der Waals surface area contributed by atoms with Crippen LogP contribution in [0.5, 0.6) is 0 Å². The van der Waals surface area contributed by atoms with E-state index in [1.807, 2.05) is 20.0 Å². The minimum Gasteiger partial charge on any atom is -0.389 e. The molecule has 1 rings (SSSR count). The van der Waals surface area contributed by atoms with Crippen molar-refractivity contribution in [3.63, 3.8) is 0 Å². The molecular weight excluding hydrogens is 316 g/mol. The van der Waals surface area contributed by atoms with Gasteiger partial charge >= 0.3 is 0 Å². The lowest BCUT2D eigenvalue weighted by molar-refractivity contribution is 0.0321. The van der Waals surface area contributed by atoms with Gasteiger partial charge in [-0.1, -0.05) is 0 Å². The average molecular weight is 337 g/mol. The number of nitrogens with two attached hydrogens (primary N) is 1. The van der Waals surface area contributed by atoms with Gasteiger partial charge in [0, 0.05) is 24.6 Å². The van der Waals surface area contributed by atoms with E-state index in [4.69, 9.17) is 10.5 Å². The van der Waals surface area contributed by atoms with Gasteiger partial charge in [0.25, 0.3) is 0 Å². The zero-order valence-electron chi connectivity index (χ0n) is 11.0. The molecule has 0 spiro atoms. The summed E-state index contributed by atoms with van der Waals surface area (Å²) in [5.41, 5.74) is 6.07. The Balaban J connectivity index is 2.73. The first-order valence-electron chi connectivity index (χ1n) is 5.83. The molecule has 0 amide bonds. The van der Waals surface area contributed by atoms with E-state index in [2.05, 4.69) is 26.9 Å². The Labute approximate surface area is 121 Å². The van der Waals surface area contributed by atoms with Gasteiger partial charge in [0.1, 0.15) is 0 Å². The highest BCUT2D eigenvalue weighted by molar-refractivity contribution is 9.11. The molecule has 0 aliphatic heterocycles. The number of rotatable bonds is 7. The smallest absolute Gasteiger partial charge is 0.0900 e. The molecular formula is C12H21BrN2O2S. The Morgan fingerprint density at radius 1 is 1.56 bits per heavy atom. The summed E-state index contributed by atoms with van der Waals surface area (Å²) in [6, 6.07) is 4.19. The number of aliphatic hydroxyl groups excluding tert-OH is 1. The molecule has 104 valence electrons. The molecule has 3 atom stereocenters. The fourth-order valence-corrected chi connectivity index (χ4v) is 3.76. The van der Waals surface area contributed by atoms with Gasteiger partial charge in [-0.15, -0.1) is 11.3 Å². The van der Waals surface area contributed by atoms with Crippen LogP contribution in [-0.2, 0) is 4.74 Å². The highest BCUT2D eigenvalue weighted by Gasteiger charge is 2.24. The van der Waals surface area contributed by atoms with Gasteiger partial charge < -0.3 is 15.6 Å². The van der Waals surface area contributed by atoms with Crippen molar-refractivity contribution in [3.05, 3.63) is 20.8 Å². The third-order valence-electron chi connectivity index (χ3n) is 2.72. The zero-order valence-corrected chi connectivity index (χ0v) is 13.4. The van der Waals surface area contributed by atoms with Crippen molar-refractivity contribution in [1.82, 2.24) is 4.90 Å². The molecule has 0 radical (unpaired) electrons. The molecule has 0 saturated carbocycles. The summed E-state index contributed by atoms with van der Waals surface area (Å²) in [4.78, 5) is 3.27. The molecule has 0 saturated heterocycles. The van der Waals surface area contributed by atoms with Crippen molar-refractivity contribution in [2.45, 2.75) is 25.1 Å². The van der Waals surface area contributed by atoms with E-state index in [0.717, 1.165) is 3.79 Å². The van der Waals surface area contributed by atoms with Crippen molar-refractivity contribution >= 4 is 27.3 Å². The van der Waals surface area contributed by atoms with E-state index in [-0.39, 0.29) is 12.1 Å². The van der Waals surface area contributed by atoms with Crippen LogP contribution in [0.1, 0.15) is 17.8 Å². The number of hydrogen-bond acceptors (Lipinski definition) is 5. The van der Waals surface area contributed by atoms with Gasteiger partial charge in [-0.2, -0.15) is 0 Å². The molecule has 3 unspecified atom stereocenters. The van der Waals surface area contributed by atoms with Crippen LogP contribution in [0.25, 0.3) is 0 Å². The topological polar surface area (TPSA) is 58.7 Å². The average Bonchev–Trinajstić information content (AvgIpc) is 2.64. The summed E-state index contributed by atoms with van der Waals surface area (Å²) in [5, 5.41) is 9.79. The molecule has 0 aromatic carbocycles. The van der Waals surface area contributed by atoms with Gasteiger partial charge in [0.2, 0.25) is 0 Å². The number of halogens is 1. The molecule has 4 nitrogen and oxygen atoms in total. The summed E-state index contributed by atoms with van der Waals surface area (Å²) >= 11 is 5.14. The van der Waals surface area contributed by atoms with Crippen molar-refractivity contribution in [2.24, 2.45) is 5.73 Å². The summed E-state index contributed by atoms with van der Waals surface area (Å²) in [7, 11) is 3.56. The minimum atomic E-state index is -0.496. The Morgan fingerprint density at radius 2 is 2.22 bits per heavy atom. The lowest BCUT2D eigenvalue weighted by Gasteiger charge is -2.31. The van der Waals surface area contributed by atoms with Gasteiger partial charge in [0.05, 0.1) is 22.5 Å². The van der Waals surface area contributed by atoms with Crippen LogP contribution in [0.2, 0.25) is 0 Å². The molecule has 18 heavy (non-hydrogen) atoms. The fourth-order valence-electron chi connectivity index (χ4n) is 2.06. The Kier molecular flexibility index (Phi) is 6.76. The highest BCUT2D eigenvalue weighted by Crippen LogP contribution is 2.31. The van der Waals surface area contributed by atoms with Crippen molar-refractivity contribution < 1.29 is 9.84 Å². The van der Waals surface area contributed by atoms with E-state index >= 15 is 0 Å². The van der Waals surface area contributed by atoms with E-state index in [0.29, 0.717) is 13.2 Å². The predicted octanol–water partition coefficient (Wildman–Crippen LogP) is 1.84. The third kappa shape index (κ3) is 4.60. The summed E-state index contributed by atoms with van der Waals surface area (Å²) < 4.78 is 6.03. The molecule has 0 bridgehead atoms. The fraction of sp³-hybridized carbons (Fsp3) is 0.667. The van der Waals surface area contributed by atoms with Crippen molar-refractivity contribution in [1.29, 1.82) is 0 Å². The van der Waals surface area contributed by atoms with E-state index in [9.17, 15) is 5.11 Å². The maximum Gasteiger partial charge on any atom is 0.0900 e. The lowest BCUT2D eigenvalue weighted by Crippen LogP contribution is -2.41. The number of nitrogens with zero attached hydrogens (tertiary/aromatic N) is 1. The van der Waals surface area contributed by atoms with Gasteiger partial charge in [-0.05, 0) is 42.0 Å². The number of ether oxygens (including phenoxy) is 1. The van der Waals surface area contributed by atoms with E-state index in [1.165, 1.54) is 4.88 Å². The number of likely N-dealkylation sites (N-methyl/N-ethyl adjacent to an activating group) is 1. The van der Waals surface area contributed by atoms with E-state index < -0.39 is 6.10 Å². The van der Waals surface area contributed by atoms with Crippen LogP contribution in [-0.4, -0.2) is 49.5 Å². The van der Waals surface area contributed by atoms with Crippen LogP contribution >= 0.6 is 27.3 Å². The van der Waals surface area contributed by atoms with Crippen LogP contribution in [0, 0.1) is 0 Å². The number of methoxy groups -OCH3 is 1. The van der Waals surface area contributed by atoms with Crippen LogP contribution in [0.15, 0.2) is 15.9 Å². The quantitative estimate of drug-likeness (QED) is 0.797. The second-order valence-electron chi connectivity index (χ2n) is 4.49. The summed E-state index contributed by atoms with van der Waals surface area (Å²) in [6.07, 6.45) is -0.496. The maximum atomic E-state index is 9.79. The molecule has 1 aromatic rings. The first-order valence-corrected chi connectivity index (χ1v) is 7.44. The second kappa shape index (κ2) is 7.57. The zero-order chi connectivity index (χ0) is 13.7. The van der Waals surface area contributed by atoms with Crippen molar-refractivity contribution in [2.75, 3.05) is 27.3 Å². The molecule has 0 aliphatic carbocycles. The number of hydrogen-bond donors (Lipinski definition) is 2. The van der Waals surface area contributed by atoms with Gasteiger partial charge in [-0.3, -0.25) is 4.90 Å². The molecule has 3 N–H and O–H groups in total. The van der Waals surface area contributed by atoms with Crippen LogP contribution in [0.3, 0.4) is 0 Å². The summed E-state index contributed by atoms with van der Waals surface area (Å²) in [5.74, 6) is 0. The predicted molar refractivity (Wildman–Crippen MR) is 78.9 cm³/mol. The summed E-state index contributed by atoms with van der Waals surface area (Å²) in [6.45, 7) is 2.86. The number of aliphatic hydroxyl groups is 1. The minimum absolute atomic E-state index is 0.00436. The third-order valence-corrected chi connectivity index (χ3v) is 4.41.